The van der Waals surface area contributed by atoms with Crippen LogP contribution in [0.1, 0.15) is 53.4 Å². The van der Waals surface area contributed by atoms with E-state index in [1.54, 1.807) is 11.0 Å². The molecule has 4 nitrogen and oxygen atoms in total. The molecule has 0 spiro atoms. The first-order valence-electron chi connectivity index (χ1n) is 6.92. The molecule has 0 aromatic rings. The molecule has 0 N–H and O–H groups in total. The van der Waals surface area contributed by atoms with E-state index < -0.39 is 5.60 Å². The van der Waals surface area contributed by atoms with Crippen LogP contribution in [0.15, 0.2) is 12.7 Å². The van der Waals surface area contributed by atoms with Gasteiger partial charge in [-0.05, 0) is 33.6 Å². The van der Waals surface area contributed by atoms with Crippen LogP contribution in [0.3, 0.4) is 0 Å². The van der Waals surface area contributed by atoms with Crippen LogP contribution in [-0.2, 0) is 9.53 Å². The van der Waals surface area contributed by atoms with Gasteiger partial charge in [-0.1, -0.05) is 13.0 Å². The highest BCUT2D eigenvalue weighted by Gasteiger charge is 2.38. The first kappa shape index (κ1) is 15.7. The topological polar surface area (TPSA) is 46.6 Å². The van der Waals surface area contributed by atoms with Gasteiger partial charge in [-0.2, -0.15) is 0 Å². The third-order valence-corrected chi connectivity index (χ3v) is 3.23. The number of amides is 1. The molecule has 1 saturated heterocycles. The molecule has 4 heteroatoms. The van der Waals surface area contributed by atoms with Crippen LogP contribution in [0.5, 0.6) is 0 Å². The highest BCUT2D eigenvalue weighted by atomic mass is 16.6. The summed E-state index contributed by atoms with van der Waals surface area (Å²) >= 11 is 0. The average Bonchev–Trinajstić information content (AvgIpc) is 2.25. The van der Waals surface area contributed by atoms with E-state index in [9.17, 15) is 9.59 Å². The Balaban J connectivity index is 2.91. The van der Waals surface area contributed by atoms with Crippen LogP contribution < -0.4 is 0 Å². The van der Waals surface area contributed by atoms with Crippen LogP contribution in [-0.4, -0.2) is 34.5 Å². The van der Waals surface area contributed by atoms with Crippen molar-refractivity contribution in [3.8, 4) is 0 Å². The lowest BCUT2D eigenvalue weighted by molar-refractivity contribution is -0.125. The number of nitrogens with zero attached hydrogens (tertiary/aromatic N) is 1. The molecule has 0 saturated carbocycles. The number of ketones is 1. The van der Waals surface area contributed by atoms with Crippen molar-refractivity contribution in [2.75, 3.05) is 0 Å². The smallest absolute Gasteiger partial charge is 0.410 e. The molecule has 19 heavy (non-hydrogen) atoms. The highest BCUT2D eigenvalue weighted by Crippen LogP contribution is 2.27. The minimum absolute atomic E-state index is 0.0546. The molecule has 1 aliphatic rings. The number of hydrogen-bond donors (Lipinski definition) is 0. The molecule has 0 aliphatic carbocycles. The Kier molecular flexibility index (Phi) is 5.15. The van der Waals surface area contributed by atoms with E-state index in [0.717, 1.165) is 6.42 Å². The number of carbonyl (C=O) groups is 2. The van der Waals surface area contributed by atoms with Crippen molar-refractivity contribution in [2.45, 2.75) is 71.1 Å². The van der Waals surface area contributed by atoms with Crippen LogP contribution in [0.4, 0.5) is 4.79 Å². The molecule has 1 heterocycles. The molecule has 108 valence electrons. The number of hydrogen-bond acceptors (Lipinski definition) is 3. The van der Waals surface area contributed by atoms with Crippen LogP contribution in [0.25, 0.3) is 0 Å². The summed E-state index contributed by atoms with van der Waals surface area (Å²) in [5.74, 6) is 0.221. The SMILES string of the molecule is C=CC[C@H]1CC(=O)C[C@@H](CC)N1C(=O)OC(C)(C)C. The van der Waals surface area contributed by atoms with E-state index in [2.05, 4.69) is 6.58 Å². The van der Waals surface area contributed by atoms with E-state index in [0.29, 0.717) is 19.3 Å². The Morgan fingerprint density at radius 1 is 1.42 bits per heavy atom. The van der Waals surface area contributed by atoms with Gasteiger partial charge in [-0.3, -0.25) is 4.79 Å². The monoisotopic (exact) mass is 267 g/mol. The summed E-state index contributed by atoms with van der Waals surface area (Å²) in [5.41, 5.74) is -0.518. The van der Waals surface area contributed by atoms with Gasteiger partial charge in [0.2, 0.25) is 0 Å². The van der Waals surface area contributed by atoms with Crippen LogP contribution in [0, 0.1) is 0 Å². The lowest BCUT2D eigenvalue weighted by Gasteiger charge is -2.41. The molecular weight excluding hydrogens is 242 g/mol. The first-order valence-corrected chi connectivity index (χ1v) is 6.92. The van der Waals surface area contributed by atoms with Crippen molar-refractivity contribution in [3.05, 3.63) is 12.7 Å². The van der Waals surface area contributed by atoms with E-state index in [-0.39, 0.29) is 24.0 Å². The van der Waals surface area contributed by atoms with Gasteiger partial charge in [-0.15, -0.1) is 6.58 Å². The predicted molar refractivity (Wildman–Crippen MR) is 75.0 cm³/mol. The molecule has 2 atom stereocenters. The second-order valence-electron chi connectivity index (χ2n) is 6.07. The van der Waals surface area contributed by atoms with Crippen molar-refractivity contribution in [3.63, 3.8) is 0 Å². The lowest BCUT2D eigenvalue weighted by atomic mass is 9.91. The second kappa shape index (κ2) is 6.22. The van der Waals surface area contributed by atoms with E-state index in [4.69, 9.17) is 4.74 Å². The van der Waals surface area contributed by atoms with Crippen molar-refractivity contribution >= 4 is 11.9 Å². The van der Waals surface area contributed by atoms with E-state index in [1.807, 2.05) is 27.7 Å². The van der Waals surface area contributed by atoms with Gasteiger partial charge >= 0.3 is 6.09 Å². The molecule has 1 fully saturated rings. The Hall–Kier alpha value is -1.32. The zero-order valence-corrected chi connectivity index (χ0v) is 12.4. The largest absolute Gasteiger partial charge is 0.444 e. The summed E-state index contributed by atoms with van der Waals surface area (Å²) < 4.78 is 5.46. The third-order valence-electron chi connectivity index (χ3n) is 3.23. The molecule has 0 bridgehead atoms. The van der Waals surface area contributed by atoms with Crippen molar-refractivity contribution in [1.29, 1.82) is 0 Å². The number of rotatable bonds is 3. The van der Waals surface area contributed by atoms with Crippen LogP contribution in [0.2, 0.25) is 0 Å². The summed E-state index contributed by atoms with van der Waals surface area (Å²) in [7, 11) is 0. The molecule has 1 rings (SSSR count). The minimum atomic E-state index is -0.518. The Morgan fingerprint density at radius 3 is 2.47 bits per heavy atom. The molecule has 0 radical (unpaired) electrons. The number of carbonyl (C=O) groups excluding carboxylic acids is 2. The summed E-state index contributed by atoms with van der Waals surface area (Å²) in [6.07, 6.45) is 3.66. The Labute approximate surface area is 115 Å². The number of Topliss-reactive ketones (excluding diaryl/α,β-unsaturated/α-hetero) is 1. The summed E-state index contributed by atoms with van der Waals surface area (Å²) in [4.78, 5) is 25.8. The normalized spacial score (nSPS) is 24.2. The number of likely N-dealkylation sites (tertiary alicyclic amines) is 1. The number of ether oxygens (including phenoxy) is 1. The van der Waals surface area contributed by atoms with Crippen molar-refractivity contribution in [2.24, 2.45) is 0 Å². The lowest BCUT2D eigenvalue weighted by Crippen LogP contribution is -2.53. The maximum absolute atomic E-state index is 12.3. The molecule has 1 amide bonds. The number of piperidine rings is 1. The molecule has 0 unspecified atom stereocenters. The maximum Gasteiger partial charge on any atom is 0.410 e. The quantitative estimate of drug-likeness (QED) is 0.737. The van der Waals surface area contributed by atoms with Gasteiger partial charge in [-0.25, -0.2) is 4.79 Å². The summed E-state index contributed by atoms with van der Waals surface area (Å²) in [6.45, 7) is 11.3. The fourth-order valence-electron chi connectivity index (χ4n) is 2.45. The summed E-state index contributed by atoms with van der Waals surface area (Å²) in [6, 6.07) is -0.167. The zero-order chi connectivity index (χ0) is 14.6. The van der Waals surface area contributed by atoms with Crippen molar-refractivity contribution < 1.29 is 14.3 Å². The van der Waals surface area contributed by atoms with E-state index in [1.165, 1.54) is 0 Å². The van der Waals surface area contributed by atoms with Gasteiger partial charge in [0.15, 0.2) is 0 Å². The van der Waals surface area contributed by atoms with Crippen LogP contribution >= 0.6 is 0 Å². The Bertz CT molecular complexity index is 357. The maximum atomic E-state index is 12.3. The standard InChI is InChI=1S/C15H25NO3/c1-6-8-12-10-13(17)9-11(7-2)16(12)14(18)19-15(3,4)5/h6,11-12H,1,7-10H2,2-5H3/t11-,12+/m1/s1. The van der Waals surface area contributed by atoms with E-state index >= 15 is 0 Å². The minimum Gasteiger partial charge on any atom is -0.444 e. The van der Waals surface area contributed by atoms with Gasteiger partial charge in [0.05, 0.1) is 0 Å². The molecule has 0 aromatic carbocycles. The van der Waals surface area contributed by atoms with Gasteiger partial charge in [0.1, 0.15) is 11.4 Å². The second-order valence-corrected chi connectivity index (χ2v) is 6.07. The molecular formula is C15H25NO3. The average molecular weight is 267 g/mol. The zero-order valence-electron chi connectivity index (χ0n) is 12.4. The van der Waals surface area contributed by atoms with Gasteiger partial charge < -0.3 is 9.64 Å². The Morgan fingerprint density at radius 2 is 2.00 bits per heavy atom. The van der Waals surface area contributed by atoms with Crippen molar-refractivity contribution in [1.82, 2.24) is 4.90 Å². The summed E-state index contributed by atoms with van der Waals surface area (Å²) in [5, 5.41) is 0. The first-order chi connectivity index (χ1) is 8.78. The fraction of sp³-hybridized carbons (Fsp3) is 0.733. The highest BCUT2D eigenvalue weighted by molar-refractivity contribution is 5.83. The molecule has 0 aromatic heterocycles. The fourth-order valence-corrected chi connectivity index (χ4v) is 2.45. The third kappa shape index (κ3) is 4.37. The molecule has 1 aliphatic heterocycles. The predicted octanol–water partition coefficient (Wildman–Crippen LogP) is 3.31. The van der Waals surface area contributed by atoms with Gasteiger partial charge in [0, 0.05) is 24.9 Å². The van der Waals surface area contributed by atoms with Gasteiger partial charge in [0.25, 0.3) is 0 Å².